The molecule has 1 aromatic heterocycles. The molecule has 0 aliphatic heterocycles. The predicted octanol–water partition coefficient (Wildman–Crippen LogP) is 7.81. The van der Waals surface area contributed by atoms with E-state index in [4.69, 9.17) is 28.3 Å². The molecular weight excluding hydrogens is 411 g/mol. The van der Waals surface area contributed by atoms with E-state index in [0.717, 1.165) is 33.1 Å². The molecule has 0 atom stereocenters. The summed E-state index contributed by atoms with van der Waals surface area (Å²) in [5, 5.41) is 6.35. The fraction of sp³-hybridized carbons (Fsp3) is 0.192. The molecule has 4 aromatic rings. The van der Waals surface area contributed by atoms with E-state index in [2.05, 4.69) is 64.1 Å². The van der Waals surface area contributed by atoms with Gasteiger partial charge in [-0.1, -0.05) is 59.6 Å². The lowest BCUT2D eigenvalue weighted by Crippen LogP contribution is -2.04. The molecule has 0 N–H and O–H groups in total. The molecule has 152 valence electrons. The Kier molecular flexibility index (Phi) is 5.73. The van der Waals surface area contributed by atoms with Crippen molar-refractivity contribution in [1.29, 1.82) is 0 Å². The molecule has 2 nitrogen and oxygen atoms in total. The third-order valence-electron chi connectivity index (χ3n) is 5.70. The van der Waals surface area contributed by atoms with E-state index in [0.29, 0.717) is 11.6 Å². The molecule has 0 amide bonds. The number of hydrogen-bond acceptors (Lipinski definition) is 1. The summed E-state index contributed by atoms with van der Waals surface area (Å²) in [6.07, 6.45) is 0. The molecule has 1 heterocycles. The number of rotatable bonds is 4. The minimum atomic E-state index is 0.615. The number of aryl methyl sites for hydroxylation is 4. The molecule has 0 unspecified atom stereocenters. The summed E-state index contributed by atoms with van der Waals surface area (Å²) in [4.78, 5) is 0. The smallest absolute Gasteiger partial charge is 0.112 e. The largest absolute Gasteiger partial charge is 0.258 e. The molecule has 30 heavy (non-hydrogen) atoms. The van der Waals surface area contributed by atoms with Crippen LogP contribution in [0.4, 0.5) is 0 Å². The zero-order valence-electron chi connectivity index (χ0n) is 17.6. The fourth-order valence-corrected chi connectivity index (χ4v) is 4.03. The van der Waals surface area contributed by atoms with Crippen LogP contribution < -0.4 is 0 Å². The van der Waals surface area contributed by atoms with E-state index in [1.807, 2.05) is 28.9 Å². The van der Waals surface area contributed by atoms with Gasteiger partial charge >= 0.3 is 0 Å². The van der Waals surface area contributed by atoms with E-state index in [1.165, 1.54) is 22.3 Å². The van der Waals surface area contributed by atoms with Gasteiger partial charge in [0.05, 0.1) is 17.3 Å². The van der Waals surface area contributed by atoms with Crippen LogP contribution in [0.1, 0.15) is 27.8 Å². The standard InChI is InChI=1S/C26H24Cl2N2/c1-16-5-9-21(13-18(16)3)25-24(28)26(22-10-6-17(2)19(4)14-22)30(29-25)15-20-7-11-23(27)12-8-20/h5-14H,15H2,1-4H3. The van der Waals surface area contributed by atoms with Crippen LogP contribution in [-0.2, 0) is 6.54 Å². The van der Waals surface area contributed by atoms with Gasteiger partial charge in [-0.25, -0.2) is 0 Å². The first kappa shape index (κ1) is 20.7. The van der Waals surface area contributed by atoms with Crippen LogP contribution in [0, 0.1) is 27.7 Å². The Morgan fingerprint density at radius 1 is 0.700 bits per heavy atom. The highest BCUT2D eigenvalue weighted by Crippen LogP contribution is 2.38. The lowest BCUT2D eigenvalue weighted by molar-refractivity contribution is 0.697. The summed E-state index contributed by atoms with van der Waals surface area (Å²) in [5.41, 5.74) is 9.93. The quantitative estimate of drug-likeness (QED) is 0.320. The zero-order chi connectivity index (χ0) is 21.4. The SMILES string of the molecule is Cc1ccc(-c2nn(Cc3ccc(Cl)cc3)c(-c3ccc(C)c(C)c3)c2Cl)cc1C. The number of benzene rings is 3. The van der Waals surface area contributed by atoms with Crippen molar-refractivity contribution in [3.8, 4) is 22.5 Å². The van der Waals surface area contributed by atoms with Gasteiger partial charge in [0, 0.05) is 16.1 Å². The van der Waals surface area contributed by atoms with Gasteiger partial charge in [-0.2, -0.15) is 5.10 Å². The third-order valence-corrected chi connectivity index (χ3v) is 6.31. The number of aromatic nitrogens is 2. The van der Waals surface area contributed by atoms with Crippen LogP contribution >= 0.6 is 23.2 Å². The first-order valence-electron chi connectivity index (χ1n) is 9.99. The highest BCUT2D eigenvalue weighted by atomic mass is 35.5. The van der Waals surface area contributed by atoms with E-state index < -0.39 is 0 Å². The summed E-state index contributed by atoms with van der Waals surface area (Å²) in [6, 6.07) is 20.7. The number of nitrogens with zero attached hydrogens (tertiary/aromatic N) is 2. The van der Waals surface area contributed by atoms with Gasteiger partial charge in [0.2, 0.25) is 0 Å². The molecule has 4 heteroatoms. The predicted molar refractivity (Wildman–Crippen MR) is 128 cm³/mol. The first-order valence-corrected chi connectivity index (χ1v) is 10.7. The summed E-state index contributed by atoms with van der Waals surface area (Å²) < 4.78 is 2.00. The summed E-state index contributed by atoms with van der Waals surface area (Å²) in [7, 11) is 0. The highest BCUT2D eigenvalue weighted by molar-refractivity contribution is 6.35. The Labute approximate surface area is 188 Å². The van der Waals surface area contributed by atoms with Crippen molar-refractivity contribution in [3.05, 3.63) is 98.5 Å². The van der Waals surface area contributed by atoms with Gasteiger partial charge in [0.15, 0.2) is 0 Å². The van der Waals surface area contributed by atoms with Gasteiger partial charge in [-0.15, -0.1) is 0 Å². The van der Waals surface area contributed by atoms with Crippen LogP contribution in [-0.4, -0.2) is 9.78 Å². The number of halogens is 2. The minimum absolute atomic E-state index is 0.615. The molecule has 3 aromatic carbocycles. The Hall–Kier alpha value is -2.55. The van der Waals surface area contributed by atoms with Crippen LogP contribution in [0.3, 0.4) is 0 Å². The van der Waals surface area contributed by atoms with Gasteiger partial charge < -0.3 is 0 Å². The second-order valence-electron chi connectivity index (χ2n) is 7.89. The molecule has 4 rings (SSSR count). The van der Waals surface area contributed by atoms with Crippen LogP contribution in [0.2, 0.25) is 10.0 Å². The van der Waals surface area contributed by atoms with Crippen molar-refractivity contribution in [2.45, 2.75) is 34.2 Å². The maximum atomic E-state index is 6.97. The molecule has 0 aliphatic carbocycles. The van der Waals surface area contributed by atoms with Crippen LogP contribution in [0.25, 0.3) is 22.5 Å². The van der Waals surface area contributed by atoms with E-state index in [9.17, 15) is 0 Å². The average Bonchev–Trinajstić information content (AvgIpc) is 3.04. The maximum absolute atomic E-state index is 6.97. The zero-order valence-corrected chi connectivity index (χ0v) is 19.1. The highest BCUT2D eigenvalue weighted by Gasteiger charge is 2.20. The molecule has 0 radical (unpaired) electrons. The Balaban J connectivity index is 1.88. The van der Waals surface area contributed by atoms with E-state index in [1.54, 1.807) is 0 Å². The molecular formula is C26H24Cl2N2. The molecule has 0 saturated heterocycles. The van der Waals surface area contributed by atoms with Crippen LogP contribution in [0.5, 0.6) is 0 Å². The molecule has 0 spiro atoms. The average molecular weight is 435 g/mol. The Bertz CT molecular complexity index is 1220. The fourth-order valence-electron chi connectivity index (χ4n) is 3.55. The summed E-state index contributed by atoms with van der Waals surface area (Å²) >= 11 is 13.0. The van der Waals surface area contributed by atoms with Crippen LogP contribution in [0.15, 0.2) is 60.7 Å². The van der Waals surface area contributed by atoms with E-state index >= 15 is 0 Å². The summed E-state index contributed by atoms with van der Waals surface area (Å²) in [5.74, 6) is 0. The third kappa shape index (κ3) is 4.03. The van der Waals surface area contributed by atoms with Crippen molar-refractivity contribution < 1.29 is 0 Å². The molecule has 0 fully saturated rings. The minimum Gasteiger partial charge on any atom is -0.258 e. The normalized spacial score (nSPS) is 11.1. The van der Waals surface area contributed by atoms with E-state index in [-0.39, 0.29) is 0 Å². The monoisotopic (exact) mass is 434 g/mol. The topological polar surface area (TPSA) is 17.8 Å². The second-order valence-corrected chi connectivity index (χ2v) is 8.71. The van der Waals surface area contributed by atoms with Crippen molar-refractivity contribution >= 4 is 23.2 Å². The molecule has 0 bridgehead atoms. The lowest BCUT2D eigenvalue weighted by Gasteiger charge is -2.10. The van der Waals surface area contributed by atoms with Crippen molar-refractivity contribution in [1.82, 2.24) is 9.78 Å². The second kappa shape index (κ2) is 8.29. The molecule has 0 aliphatic rings. The van der Waals surface area contributed by atoms with Gasteiger partial charge in [-0.05, 0) is 79.8 Å². The number of hydrogen-bond donors (Lipinski definition) is 0. The van der Waals surface area contributed by atoms with Gasteiger partial charge in [-0.3, -0.25) is 4.68 Å². The van der Waals surface area contributed by atoms with Crippen molar-refractivity contribution in [2.24, 2.45) is 0 Å². The maximum Gasteiger partial charge on any atom is 0.112 e. The van der Waals surface area contributed by atoms with Crippen molar-refractivity contribution in [2.75, 3.05) is 0 Å². The first-order chi connectivity index (χ1) is 14.3. The van der Waals surface area contributed by atoms with Gasteiger partial charge in [0.25, 0.3) is 0 Å². The van der Waals surface area contributed by atoms with Crippen molar-refractivity contribution in [3.63, 3.8) is 0 Å². The summed E-state index contributed by atoms with van der Waals surface area (Å²) in [6.45, 7) is 9.08. The van der Waals surface area contributed by atoms with Gasteiger partial charge in [0.1, 0.15) is 5.69 Å². The lowest BCUT2D eigenvalue weighted by atomic mass is 10.0. The molecule has 0 saturated carbocycles. The Morgan fingerprint density at radius 3 is 1.87 bits per heavy atom. The Morgan fingerprint density at radius 2 is 1.27 bits per heavy atom.